The molecule has 21 aromatic rings. The smallest absolute Gasteiger partial charge is 0.160 e. The van der Waals surface area contributed by atoms with Gasteiger partial charge in [-0.1, -0.05) is 339 Å². The van der Waals surface area contributed by atoms with Gasteiger partial charge in [-0.2, -0.15) is 0 Å². The molecule has 111 heavy (non-hydrogen) atoms. The first kappa shape index (κ1) is 66.2. The summed E-state index contributed by atoms with van der Waals surface area (Å²) in [6.45, 7) is 0. The van der Waals surface area contributed by atoms with E-state index in [-0.39, 0.29) is 0 Å². The number of nitrogens with zero attached hydrogens (tertiary/aromatic N) is 5. The predicted molar refractivity (Wildman–Crippen MR) is 467 cm³/mol. The molecule has 0 fully saturated rings. The van der Waals surface area contributed by atoms with Crippen molar-refractivity contribution in [1.82, 2.24) is 24.5 Å². The van der Waals surface area contributed by atoms with Crippen LogP contribution >= 0.6 is 11.6 Å². The van der Waals surface area contributed by atoms with Crippen LogP contribution in [0.25, 0.3) is 193 Å². The summed E-state index contributed by atoms with van der Waals surface area (Å²) in [6.07, 6.45) is 1.08. The third-order valence-corrected chi connectivity index (χ3v) is 22.0. The minimum atomic E-state index is 0.653. The Labute approximate surface area is 648 Å². The van der Waals surface area contributed by atoms with Gasteiger partial charge in [0, 0.05) is 59.6 Å². The summed E-state index contributed by atoms with van der Waals surface area (Å²) in [5.74, 6) is 1.34. The van der Waals surface area contributed by atoms with Gasteiger partial charge in [0.2, 0.25) is 0 Å². The molecule has 0 radical (unpaired) electrons. The van der Waals surface area contributed by atoms with Crippen molar-refractivity contribution in [3.8, 4) is 107 Å². The molecule has 0 saturated carbocycles. The minimum Gasteiger partial charge on any atom is -0.309 e. The first-order chi connectivity index (χ1) is 54.9. The number of halogens is 1. The van der Waals surface area contributed by atoms with E-state index in [1.54, 1.807) is 0 Å². The standard InChI is InChI=1S/C52H33N3.C36H23ClN2.C17H12/c1-4-16-34(17-5-1)43-32-46-47(33-44(43)35-18-6-2-7-19-35)53-52(54-51(46)36-20-8-3-9-21-36)40-28-39-24-12-13-25-41(39)49(31-40)55-48-27-15-14-26-42(48)45-29-37-22-10-11-23-38(37)30-50(45)55;37-33-21-28(20-27-18-10-11-19-29(27)33)36-38-34-23-31(25-14-6-2-7-15-25)30(24-12-4-1-5-13-24)22-32(34)35(39-36)26-16-8-3-9-17-26;1-2-6-13-11-17-15(9-12(13)5-1)10-14-7-3-4-8-16(14)17/h1-33H;1-23H;1-9,11H,10H2. The third kappa shape index (κ3) is 12.5. The van der Waals surface area contributed by atoms with Crippen molar-refractivity contribution in [3.05, 3.63) is 417 Å². The van der Waals surface area contributed by atoms with Crippen LogP contribution in [0.2, 0.25) is 5.02 Å². The molecule has 5 nitrogen and oxygen atoms in total. The van der Waals surface area contributed by atoms with Gasteiger partial charge in [0.15, 0.2) is 11.6 Å². The van der Waals surface area contributed by atoms with E-state index in [1.807, 2.05) is 54.6 Å². The molecule has 520 valence electrons. The maximum absolute atomic E-state index is 6.73. The largest absolute Gasteiger partial charge is 0.309 e. The summed E-state index contributed by atoms with van der Waals surface area (Å²) in [5.41, 5.74) is 25.9. The quantitative estimate of drug-likeness (QED) is 0.145. The molecule has 6 heteroatoms. The monoisotopic (exact) mass is 1430 g/mol. The number of benzene rings is 18. The lowest BCUT2D eigenvalue weighted by atomic mass is 9.91. The molecule has 18 aromatic carbocycles. The van der Waals surface area contributed by atoms with Crippen LogP contribution in [-0.4, -0.2) is 24.5 Å². The van der Waals surface area contributed by atoms with Crippen LogP contribution in [0.1, 0.15) is 11.1 Å². The van der Waals surface area contributed by atoms with Gasteiger partial charge in [-0.05, 0) is 178 Å². The number of rotatable bonds is 9. The van der Waals surface area contributed by atoms with Crippen molar-refractivity contribution in [1.29, 1.82) is 0 Å². The molecule has 22 rings (SSSR count). The highest BCUT2D eigenvalue weighted by Crippen LogP contribution is 2.45. The zero-order chi connectivity index (χ0) is 73.7. The van der Waals surface area contributed by atoms with Gasteiger partial charge in [0.1, 0.15) is 0 Å². The van der Waals surface area contributed by atoms with Crippen molar-refractivity contribution in [2.24, 2.45) is 0 Å². The summed E-state index contributed by atoms with van der Waals surface area (Å²) in [5, 5.41) is 14.7. The molecule has 1 aliphatic carbocycles. The van der Waals surface area contributed by atoms with Crippen molar-refractivity contribution in [3.63, 3.8) is 0 Å². The first-order valence-corrected chi connectivity index (χ1v) is 38.1. The second-order valence-corrected chi connectivity index (χ2v) is 28.9. The van der Waals surface area contributed by atoms with E-state index >= 15 is 0 Å². The molecule has 3 aromatic heterocycles. The predicted octanol–water partition coefficient (Wildman–Crippen LogP) is 28.2. The van der Waals surface area contributed by atoms with E-state index in [4.69, 9.17) is 31.5 Å². The van der Waals surface area contributed by atoms with Gasteiger partial charge >= 0.3 is 0 Å². The van der Waals surface area contributed by atoms with Gasteiger partial charge < -0.3 is 4.57 Å². The molecular weight excluding hydrogens is 1370 g/mol. The number of hydrogen-bond donors (Lipinski definition) is 0. The van der Waals surface area contributed by atoms with Gasteiger partial charge in [-0.25, -0.2) is 19.9 Å². The highest BCUT2D eigenvalue weighted by Gasteiger charge is 2.24. The van der Waals surface area contributed by atoms with Crippen molar-refractivity contribution < 1.29 is 0 Å². The Bertz CT molecular complexity index is 7150. The molecule has 0 aliphatic heterocycles. The number of fused-ring (bicyclic) bond motifs is 12. The Morgan fingerprint density at radius 1 is 0.216 bits per heavy atom. The Morgan fingerprint density at radius 2 is 0.604 bits per heavy atom. The fraction of sp³-hybridized carbons (Fsp3) is 0.00952. The van der Waals surface area contributed by atoms with Gasteiger partial charge in [-0.15, -0.1) is 0 Å². The Morgan fingerprint density at radius 3 is 1.13 bits per heavy atom. The van der Waals surface area contributed by atoms with Crippen molar-refractivity contribution >= 4 is 98.3 Å². The number of para-hydroxylation sites is 1. The van der Waals surface area contributed by atoms with Crippen LogP contribution in [0, 0.1) is 0 Å². The normalized spacial score (nSPS) is 11.6. The molecule has 0 amide bonds. The molecule has 0 atom stereocenters. The fourth-order valence-corrected chi connectivity index (χ4v) is 16.7. The lowest BCUT2D eigenvalue weighted by Crippen LogP contribution is -2.00. The maximum atomic E-state index is 6.73. The Kier molecular flexibility index (Phi) is 17.0. The second kappa shape index (κ2) is 28.5. The van der Waals surface area contributed by atoms with Gasteiger partial charge in [0.05, 0.1) is 39.1 Å². The molecule has 0 saturated heterocycles. The van der Waals surface area contributed by atoms with E-state index in [0.29, 0.717) is 16.7 Å². The fourth-order valence-electron chi connectivity index (χ4n) is 16.4. The van der Waals surface area contributed by atoms with E-state index in [0.717, 1.165) is 128 Å². The summed E-state index contributed by atoms with van der Waals surface area (Å²) < 4.78 is 2.43. The summed E-state index contributed by atoms with van der Waals surface area (Å²) in [6, 6.07) is 142. The van der Waals surface area contributed by atoms with Crippen LogP contribution in [0.5, 0.6) is 0 Å². The molecule has 0 unspecified atom stereocenters. The lowest BCUT2D eigenvalue weighted by Gasteiger charge is -2.17. The second-order valence-electron chi connectivity index (χ2n) is 28.5. The lowest BCUT2D eigenvalue weighted by molar-refractivity contribution is 1.19. The van der Waals surface area contributed by atoms with Crippen molar-refractivity contribution in [2.45, 2.75) is 6.42 Å². The zero-order valence-electron chi connectivity index (χ0n) is 60.4. The average molecular weight is 1440 g/mol. The SMILES string of the molecule is Clc1cc(-c2nc(-c3ccccc3)c3cc(-c4ccccc4)c(-c4ccccc4)cc3n2)cc2ccccc12.c1ccc(-c2cc3nc(-c4cc(-n5c6ccccc6c6cc7ccccc7cc65)c5ccccc5c4)nc(-c4ccccc4)c3cc2-c2ccccc2)cc1.c1ccc2c(c1)Cc1cc3ccccc3cc1-2. The molecule has 0 spiro atoms. The first-order valence-electron chi connectivity index (χ1n) is 37.7. The van der Waals surface area contributed by atoms with E-state index < -0.39 is 0 Å². The molecule has 1 aliphatic rings. The Hall–Kier alpha value is -14.2. The molecular formula is C105H68ClN5. The number of hydrogen-bond acceptors (Lipinski definition) is 4. The third-order valence-electron chi connectivity index (χ3n) is 21.7. The zero-order valence-corrected chi connectivity index (χ0v) is 61.2. The topological polar surface area (TPSA) is 56.5 Å². The summed E-state index contributed by atoms with van der Waals surface area (Å²) >= 11 is 6.73. The number of aromatic nitrogens is 5. The van der Waals surface area contributed by atoms with Crippen LogP contribution in [0.15, 0.2) is 400 Å². The van der Waals surface area contributed by atoms with E-state index in [1.165, 1.54) is 71.0 Å². The van der Waals surface area contributed by atoms with Gasteiger partial charge in [0.25, 0.3) is 0 Å². The highest BCUT2D eigenvalue weighted by atomic mass is 35.5. The van der Waals surface area contributed by atoms with E-state index in [2.05, 4.69) is 350 Å². The van der Waals surface area contributed by atoms with Crippen LogP contribution < -0.4 is 0 Å². The van der Waals surface area contributed by atoms with Crippen LogP contribution in [0.3, 0.4) is 0 Å². The Balaban J connectivity index is 0.000000124. The van der Waals surface area contributed by atoms with Crippen LogP contribution in [0.4, 0.5) is 0 Å². The minimum absolute atomic E-state index is 0.653. The molecule has 0 N–H and O–H groups in total. The summed E-state index contributed by atoms with van der Waals surface area (Å²) in [7, 11) is 0. The van der Waals surface area contributed by atoms with Crippen molar-refractivity contribution in [2.75, 3.05) is 0 Å². The maximum Gasteiger partial charge on any atom is 0.160 e. The highest BCUT2D eigenvalue weighted by molar-refractivity contribution is 6.36. The van der Waals surface area contributed by atoms with E-state index in [9.17, 15) is 0 Å². The average Bonchev–Trinajstić information content (AvgIpc) is 1.69. The molecule has 0 bridgehead atoms. The van der Waals surface area contributed by atoms with Gasteiger partial charge in [-0.3, -0.25) is 0 Å². The molecule has 3 heterocycles. The summed E-state index contributed by atoms with van der Waals surface area (Å²) in [4.78, 5) is 21.2. The van der Waals surface area contributed by atoms with Crippen LogP contribution in [-0.2, 0) is 6.42 Å².